The summed E-state index contributed by atoms with van der Waals surface area (Å²) in [5.41, 5.74) is 6.75. The second-order valence-electron chi connectivity index (χ2n) is 1.97. The van der Waals surface area contributed by atoms with Gasteiger partial charge in [-0.25, -0.2) is 0 Å². The molecular formula is C7H9N3OS. The molecule has 1 amide bonds. The maximum Gasteiger partial charge on any atom is 0.242 e. The number of carbonyl (C=O) groups is 1. The van der Waals surface area contributed by atoms with Gasteiger partial charge in [0, 0.05) is 24.2 Å². The van der Waals surface area contributed by atoms with E-state index in [2.05, 4.69) is 15.8 Å². The first kappa shape index (κ1) is 8.73. The monoisotopic (exact) mass is 183 g/mol. The lowest BCUT2D eigenvalue weighted by Gasteiger charge is -2.05. The average Bonchev–Trinajstić information content (AvgIpc) is 2.62. The van der Waals surface area contributed by atoms with Crippen LogP contribution in [0.3, 0.4) is 0 Å². The lowest BCUT2D eigenvalue weighted by atomic mass is 10.4. The first-order valence-corrected chi connectivity index (χ1v) is 4.35. The van der Waals surface area contributed by atoms with E-state index in [1.165, 1.54) is 0 Å². The van der Waals surface area contributed by atoms with Crippen molar-refractivity contribution in [1.82, 2.24) is 15.8 Å². The standard InChI is InChI=1S/C4H6N2O.C3H3NS/c7-4-2-1-3-5-6-4;1-2-5-3-4-1/h1,3,5H,2H2,(H,6,7);1-3H. The number of carbonyl (C=O) groups excluding carboxylic acids is 1. The molecule has 2 heterocycles. The van der Waals surface area contributed by atoms with E-state index >= 15 is 0 Å². The highest BCUT2D eigenvalue weighted by Crippen LogP contribution is 1.86. The van der Waals surface area contributed by atoms with Gasteiger partial charge in [0.15, 0.2) is 0 Å². The first-order valence-electron chi connectivity index (χ1n) is 3.41. The molecule has 1 aromatic heterocycles. The maximum atomic E-state index is 10.2. The fraction of sp³-hybridized carbons (Fsp3) is 0.143. The summed E-state index contributed by atoms with van der Waals surface area (Å²) in [4.78, 5) is 14.0. The quantitative estimate of drug-likeness (QED) is 0.621. The highest BCUT2D eigenvalue weighted by Gasteiger charge is 1.96. The molecule has 4 nitrogen and oxygen atoms in total. The third-order valence-electron chi connectivity index (χ3n) is 1.06. The Morgan fingerprint density at radius 2 is 2.50 bits per heavy atom. The molecule has 0 saturated heterocycles. The third-order valence-corrected chi connectivity index (χ3v) is 1.59. The second-order valence-corrected chi connectivity index (χ2v) is 2.73. The smallest absolute Gasteiger partial charge is 0.242 e. The average molecular weight is 183 g/mol. The fourth-order valence-corrected chi connectivity index (χ4v) is 0.925. The van der Waals surface area contributed by atoms with Gasteiger partial charge in [0.25, 0.3) is 0 Å². The molecule has 0 atom stereocenters. The summed E-state index contributed by atoms with van der Waals surface area (Å²) >= 11 is 1.60. The lowest BCUT2D eigenvalue weighted by Crippen LogP contribution is -2.35. The molecule has 1 aliphatic rings. The van der Waals surface area contributed by atoms with E-state index in [0.29, 0.717) is 6.42 Å². The van der Waals surface area contributed by atoms with Gasteiger partial charge < -0.3 is 5.43 Å². The number of hydrogen-bond acceptors (Lipinski definition) is 4. The zero-order valence-electron chi connectivity index (χ0n) is 6.36. The van der Waals surface area contributed by atoms with Crippen LogP contribution in [0.4, 0.5) is 0 Å². The zero-order chi connectivity index (χ0) is 8.65. The minimum Gasteiger partial charge on any atom is -0.306 e. The van der Waals surface area contributed by atoms with Crippen molar-refractivity contribution in [3.8, 4) is 0 Å². The van der Waals surface area contributed by atoms with E-state index in [-0.39, 0.29) is 5.91 Å². The first-order chi connectivity index (χ1) is 5.89. The number of hydrogen-bond donors (Lipinski definition) is 2. The maximum absolute atomic E-state index is 10.2. The second kappa shape index (κ2) is 5.31. The van der Waals surface area contributed by atoms with Crippen LogP contribution in [-0.4, -0.2) is 10.9 Å². The fourth-order valence-electron chi connectivity index (χ4n) is 0.574. The largest absolute Gasteiger partial charge is 0.306 e. The van der Waals surface area contributed by atoms with Gasteiger partial charge >= 0.3 is 0 Å². The highest BCUT2D eigenvalue weighted by atomic mass is 32.1. The van der Waals surface area contributed by atoms with Gasteiger partial charge in [0.1, 0.15) is 0 Å². The Labute approximate surface area is 74.3 Å². The van der Waals surface area contributed by atoms with Crippen molar-refractivity contribution >= 4 is 17.2 Å². The van der Waals surface area contributed by atoms with Gasteiger partial charge in [-0.1, -0.05) is 6.08 Å². The summed E-state index contributed by atoms with van der Waals surface area (Å²) < 4.78 is 0. The summed E-state index contributed by atoms with van der Waals surface area (Å²) in [5.74, 6) is 0.0162. The SMILES string of the molecule is O=C1CC=CNN1.c1cscn1. The number of rotatable bonds is 0. The van der Waals surface area contributed by atoms with Crippen molar-refractivity contribution in [2.75, 3.05) is 0 Å². The number of aromatic nitrogens is 1. The summed E-state index contributed by atoms with van der Waals surface area (Å²) in [6, 6.07) is 0. The highest BCUT2D eigenvalue weighted by molar-refractivity contribution is 7.07. The third kappa shape index (κ3) is 3.72. The molecule has 0 aliphatic carbocycles. The Morgan fingerprint density at radius 1 is 1.58 bits per heavy atom. The molecule has 0 saturated carbocycles. The normalized spacial score (nSPS) is 13.8. The lowest BCUT2D eigenvalue weighted by molar-refractivity contribution is -0.121. The minimum atomic E-state index is 0.0162. The van der Waals surface area contributed by atoms with Crippen LogP contribution in [0, 0.1) is 0 Å². The Balaban J connectivity index is 0.000000127. The Bertz CT molecular complexity index is 228. The Hall–Kier alpha value is -1.36. The summed E-state index contributed by atoms with van der Waals surface area (Å²) in [6.45, 7) is 0. The Morgan fingerprint density at radius 3 is 2.75 bits per heavy atom. The molecule has 0 radical (unpaired) electrons. The number of amides is 1. The van der Waals surface area contributed by atoms with E-state index in [9.17, 15) is 4.79 Å². The molecule has 0 aromatic carbocycles. The van der Waals surface area contributed by atoms with Crippen molar-refractivity contribution in [1.29, 1.82) is 0 Å². The molecule has 0 unspecified atom stereocenters. The van der Waals surface area contributed by atoms with Gasteiger partial charge in [-0.15, -0.1) is 11.3 Å². The molecule has 0 fully saturated rings. The van der Waals surface area contributed by atoms with Crippen LogP contribution in [0.15, 0.2) is 29.4 Å². The molecule has 2 rings (SSSR count). The van der Waals surface area contributed by atoms with E-state index in [0.717, 1.165) is 0 Å². The van der Waals surface area contributed by atoms with Crippen LogP contribution in [0.2, 0.25) is 0 Å². The molecule has 0 spiro atoms. The molecule has 64 valence electrons. The van der Waals surface area contributed by atoms with Crippen molar-refractivity contribution in [2.24, 2.45) is 0 Å². The molecular weight excluding hydrogens is 174 g/mol. The summed E-state index contributed by atoms with van der Waals surface area (Å²) in [5, 5.41) is 1.93. The van der Waals surface area contributed by atoms with Crippen LogP contribution < -0.4 is 10.9 Å². The number of nitrogens with one attached hydrogen (secondary N) is 2. The number of thiazole rings is 1. The van der Waals surface area contributed by atoms with E-state index in [1.54, 1.807) is 35.3 Å². The van der Waals surface area contributed by atoms with Gasteiger partial charge in [0.2, 0.25) is 5.91 Å². The predicted octanol–water partition coefficient (Wildman–Crippen LogP) is 0.668. The van der Waals surface area contributed by atoms with E-state index < -0.39 is 0 Å². The molecule has 0 bridgehead atoms. The van der Waals surface area contributed by atoms with Gasteiger partial charge in [-0.2, -0.15) is 0 Å². The number of hydrazine groups is 1. The Kier molecular flexibility index (Phi) is 3.87. The van der Waals surface area contributed by atoms with Crippen LogP contribution in [0.1, 0.15) is 6.42 Å². The van der Waals surface area contributed by atoms with Crippen molar-refractivity contribution in [3.05, 3.63) is 29.4 Å². The molecule has 12 heavy (non-hydrogen) atoms. The van der Waals surface area contributed by atoms with E-state index in [1.807, 2.05) is 5.38 Å². The van der Waals surface area contributed by atoms with Crippen LogP contribution in [0.5, 0.6) is 0 Å². The van der Waals surface area contributed by atoms with Crippen molar-refractivity contribution < 1.29 is 4.79 Å². The van der Waals surface area contributed by atoms with Gasteiger partial charge in [-0.05, 0) is 0 Å². The molecule has 1 aromatic rings. The van der Waals surface area contributed by atoms with E-state index in [4.69, 9.17) is 0 Å². The molecule has 1 aliphatic heterocycles. The number of nitrogens with zero attached hydrogens (tertiary/aromatic N) is 1. The minimum absolute atomic E-state index is 0.0162. The predicted molar refractivity (Wildman–Crippen MR) is 47.1 cm³/mol. The van der Waals surface area contributed by atoms with Gasteiger partial charge in [0.05, 0.1) is 5.51 Å². The van der Waals surface area contributed by atoms with Crippen molar-refractivity contribution in [3.63, 3.8) is 0 Å². The topological polar surface area (TPSA) is 54.0 Å². The van der Waals surface area contributed by atoms with Crippen molar-refractivity contribution in [2.45, 2.75) is 6.42 Å². The van der Waals surface area contributed by atoms with Gasteiger partial charge in [-0.3, -0.25) is 15.2 Å². The summed E-state index contributed by atoms with van der Waals surface area (Å²) in [7, 11) is 0. The summed E-state index contributed by atoms with van der Waals surface area (Å²) in [6.07, 6.45) is 5.72. The molecule has 2 N–H and O–H groups in total. The van der Waals surface area contributed by atoms with Crippen LogP contribution >= 0.6 is 11.3 Å². The van der Waals surface area contributed by atoms with Crippen LogP contribution in [0.25, 0.3) is 0 Å². The van der Waals surface area contributed by atoms with Crippen LogP contribution in [-0.2, 0) is 4.79 Å². The molecule has 5 heteroatoms. The zero-order valence-corrected chi connectivity index (χ0v) is 7.17.